The lowest BCUT2D eigenvalue weighted by Gasteiger charge is -2.13. The number of anilines is 1. The zero-order valence-corrected chi connectivity index (χ0v) is 13.1. The van der Waals surface area contributed by atoms with E-state index in [1.807, 2.05) is 19.9 Å². The standard InChI is InChI=1S/C15H16ClNO2S/c1-10-4-5-11(2)15(8-10)20(18,19)17-14-7-6-13(16)9-12(14)3/h4-9,17H,1-3H3. The topological polar surface area (TPSA) is 46.2 Å². The summed E-state index contributed by atoms with van der Waals surface area (Å²) in [5.74, 6) is 0. The molecule has 0 aliphatic heterocycles. The molecule has 0 aromatic heterocycles. The molecule has 0 amide bonds. The third-order valence-electron chi connectivity index (χ3n) is 3.07. The summed E-state index contributed by atoms with van der Waals surface area (Å²) >= 11 is 5.87. The lowest BCUT2D eigenvalue weighted by atomic mass is 10.2. The highest BCUT2D eigenvalue weighted by Crippen LogP contribution is 2.24. The monoisotopic (exact) mass is 309 g/mol. The van der Waals surface area contributed by atoms with Crippen LogP contribution in [0, 0.1) is 20.8 Å². The summed E-state index contributed by atoms with van der Waals surface area (Å²) in [5.41, 5.74) is 2.94. The molecular formula is C15H16ClNO2S. The Morgan fingerprint density at radius 1 is 0.950 bits per heavy atom. The van der Waals surface area contributed by atoms with E-state index in [9.17, 15) is 8.42 Å². The van der Waals surface area contributed by atoms with Crippen LogP contribution in [0.3, 0.4) is 0 Å². The molecular weight excluding hydrogens is 294 g/mol. The predicted molar refractivity (Wildman–Crippen MR) is 82.9 cm³/mol. The summed E-state index contributed by atoms with van der Waals surface area (Å²) in [7, 11) is -3.59. The van der Waals surface area contributed by atoms with Crippen molar-refractivity contribution in [2.75, 3.05) is 4.72 Å². The van der Waals surface area contributed by atoms with Gasteiger partial charge in [-0.1, -0.05) is 23.7 Å². The number of halogens is 1. The lowest BCUT2D eigenvalue weighted by Crippen LogP contribution is -2.15. The summed E-state index contributed by atoms with van der Waals surface area (Å²) in [6, 6.07) is 10.4. The molecule has 1 N–H and O–H groups in total. The lowest BCUT2D eigenvalue weighted by molar-refractivity contribution is 0.600. The van der Waals surface area contributed by atoms with Crippen LogP contribution >= 0.6 is 11.6 Å². The molecule has 0 saturated heterocycles. The van der Waals surface area contributed by atoms with Crippen LogP contribution in [-0.2, 0) is 10.0 Å². The van der Waals surface area contributed by atoms with E-state index < -0.39 is 10.0 Å². The quantitative estimate of drug-likeness (QED) is 0.929. The molecule has 0 unspecified atom stereocenters. The predicted octanol–water partition coefficient (Wildman–Crippen LogP) is 4.07. The Kier molecular flexibility index (Phi) is 4.06. The first-order valence-corrected chi connectivity index (χ1v) is 8.02. The maximum Gasteiger partial charge on any atom is 0.262 e. The third-order valence-corrected chi connectivity index (χ3v) is 4.81. The highest BCUT2D eigenvalue weighted by atomic mass is 35.5. The molecule has 2 aromatic rings. The van der Waals surface area contributed by atoms with Gasteiger partial charge in [-0.25, -0.2) is 8.42 Å². The minimum Gasteiger partial charge on any atom is -0.279 e. The average molecular weight is 310 g/mol. The fourth-order valence-corrected chi connectivity index (χ4v) is 3.63. The Hall–Kier alpha value is -1.52. The van der Waals surface area contributed by atoms with E-state index in [2.05, 4.69) is 4.72 Å². The second-order valence-corrected chi connectivity index (χ2v) is 6.92. The number of rotatable bonds is 3. The van der Waals surface area contributed by atoms with E-state index in [0.29, 0.717) is 15.6 Å². The van der Waals surface area contributed by atoms with Crippen LogP contribution in [0.1, 0.15) is 16.7 Å². The molecule has 2 rings (SSSR count). The minimum absolute atomic E-state index is 0.298. The van der Waals surface area contributed by atoms with Gasteiger partial charge in [0.25, 0.3) is 10.0 Å². The summed E-state index contributed by atoms with van der Waals surface area (Å²) in [6.07, 6.45) is 0. The highest BCUT2D eigenvalue weighted by molar-refractivity contribution is 7.92. The molecule has 0 atom stereocenters. The summed E-state index contributed by atoms with van der Waals surface area (Å²) in [5, 5.41) is 0.581. The summed E-state index contributed by atoms with van der Waals surface area (Å²) < 4.78 is 27.5. The number of benzene rings is 2. The van der Waals surface area contributed by atoms with Crippen molar-refractivity contribution in [3.05, 3.63) is 58.1 Å². The van der Waals surface area contributed by atoms with E-state index in [-0.39, 0.29) is 0 Å². The van der Waals surface area contributed by atoms with Crippen LogP contribution in [0.4, 0.5) is 5.69 Å². The van der Waals surface area contributed by atoms with Crippen molar-refractivity contribution in [1.29, 1.82) is 0 Å². The van der Waals surface area contributed by atoms with Crippen molar-refractivity contribution in [3.63, 3.8) is 0 Å². The zero-order valence-electron chi connectivity index (χ0n) is 11.6. The van der Waals surface area contributed by atoms with E-state index >= 15 is 0 Å². The minimum atomic E-state index is -3.59. The first kappa shape index (κ1) is 14.9. The number of sulfonamides is 1. The summed E-state index contributed by atoms with van der Waals surface area (Å²) in [6.45, 7) is 5.46. The van der Waals surface area contributed by atoms with Gasteiger partial charge in [-0.2, -0.15) is 0 Å². The molecule has 20 heavy (non-hydrogen) atoms. The molecule has 0 radical (unpaired) electrons. The second-order valence-electron chi connectivity index (χ2n) is 4.83. The van der Waals surface area contributed by atoms with Gasteiger partial charge in [0.1, 0.15) is 0 Å². The van der Waals surface area contributed by atoms with Crippen LogP contribution in [0.25, 0.3) is 0 Å². The Balaban J connectivity index is 2.43. The first-order chi connectivity index (χ1) is 9.29. The molecule has 0 aliphatic rings. The fraction of sp³-hybridized carbons (Fsp3) is 0.200. The fourth-order valence-electron chi connectivity index (χ4n) is 1.94. The van der Waals surface area contributed by atoms with Crippen molar-refractivity contribution in [2.45, 2.75) is 25.7 Å². The van der Waals surface area contributed by atoms with Crippen molar-refractivity contribution in [2.24, 2.45) is 0 Å². The van der Waals surface area contributed by atoms with Crippen LogP contribution < -0.4 is 4.72 Å². The van der Waals surface area contributed by atoms with Crippen molar-refractivity contribution >= 4 is 27.3 Å². The molecule has 2 aromatic carbocycles. The second kappa shape index (κ2) is 5.46. The largest absolute Gasteiger partial charge is 0.279 e. The molecule has 0 bridgehead atoms. The van der Waals surface area contributed by atoms with E-state index in [0.717, 1.165) is 16.7 Å². The Labute approximate surface area is 124 Å². The van der Waals surface area contributed by atoms with E-state index in [1.165, 1.54) is 0 Å². The zero-order chi connectivity index (χ0) is 14.9. The van der Waals surface area contributed by atoms with Gasteiger partial charge in [0.2, 0.25) is 0 Å². The summed E-state index contributed by atoms with van der Waals surface area (Å²) in [4.78, 5) is 0.298. The number of aryl methyl sites for hydroxylation is 3. The maximum absolute atomic E-state index is 12.5. The number of hydrogen-bond acceptors (Lipinski definition) is 2. The van der Waals surface area contributed by atoms with Gasteiger partial charge in [-0.3, -0.25) is 4.72 Å². The van der Waals surface area contributed by atoms with Gasteiger partial charge in [0, 0.05) is 5.02 Å². The third kappa shape index (κ3) is 3.14. The van der Waals surface area contributed by atoms with E-state index in [4.69, 9.17) is 11.6 Å². The maximum atomic E-state index is 12.5. The molecule has 0 saturated carbocycles. The Bertz CT molecular complexity index is 754. The molecule has 0 aliphatic carbocycles. The smallest absolute Gasteiger partial charge is 0.262 e. The SMILES string of the molecule is Cc1ccc(C)c(S(=O)(=O)Nc2ccc(Cl)cc2C)c1. The van der Waals surface area contributed by atoms with Crippen molar-refractivity contribution in [3.8, 4) is 0 Å². The molecule has 106 valence electrons. The molecule has 3 nitrogen and oxygen atoms in total. The van der Waals surface area contributed by atoms with Crippen molar-refractivity contribution < 1.29 is 8.42 Å². The van der Waals surface area contributed by atoms with Crippen LogP contribution in [0.2, 0.25) is 5.02 Å². The number of hydrogen-bond donors (Lipinski definition) is 1. The highest BCUT2D eigenvalue weighted by Gasteiger charge is 2.17. The average Bonchev–Trinajstić information content (AvgIpc) is 2.35. The molecule has 0 spiro atoms. The Morgan fingerprint density at radius 3 is 2.30 bits per heavy atom. The molecule has 5 heteroatoms. The normalized spacial score (nSPS) is 11.4. The van der Waals surface area contributed by atoms with Crippen molar-refractivity contribution in [1.82, 2.24) is 0 Å². The molecule has 0 heterocycles. The van der Waals surface area contributed by atoms with Crippen LogP contribution in [0.5, 0.6) is 0 Å². The van der Waals surface area contributed by atoms with Gasteiger partial charge in [0.05, 0.1) is 10.6 Å². The first-order valence-electron chi connectivity index (χ1n) is 6.16. The van der Waals surface area contributed by atoms with Crippen LogP contribution in [0.15, 0.2) is 41.3 Å². The van der Waals surface area contributed by atoms with E-state index in [1.54, 1.807) is 37.3 Å². The van der Waals surface area contributed by atoms with Gasteiger partial charge >= 0.3 is 0 Å². The molecule has 0 fully saturated rings. The van der Waals surface area contributed by atoms with Gasteiger partial charge in [-0.05, 0) is 61.7 Å². The Morgan fingerprint density at radius 2 is 1.65 bits per heavy atom. The van der Waals surface area contributed by atoms with Gasteiger partial charge < -0.3 is 0 Å². The van der Waals surface area contributed by atoms with Gasteiger partial charge in [0.15, 0.2) is 0 Å². The van der Waals surface area contributed by atoms with Gasteiger partial charge in [-0.15, -0.1) is 0 Å². The number of nitrogens with one attached hydrogen (secondary N) is 1. The van der Waals surface area contributed by atoms with Crippen LogP contribution in [-0.4, -0.2) is 8.42 Å².